The lowest BCUT2D eigenvalue weighted by molar-refractivity contribution is -0.116. The monoisotopic (exact) mass is 376 g/mol. The van der Waals surface area contributed by atoms with Crippen LogP contribution in [-0.4, -0.2) is 44.1 Å². The summed E-state index contributed by atoms with van der Waals surface area (Å²) in [5.74, 6) is -0.136. The number of fused-ring (bicyclic) bond motifs is 2. The van der Waals surface area contributed by atoms with E-state index in [1.165, 1.54) is 5.70 Å². The van der Waals surface area contributed by atoms with E-state index in [-0.39, 0.29) is 12.5 Å². The maximum atomic E-state index is 12.4. The molecule has 0 saturated carbocycles. The first kappa shape index (κ1) is 16.1. The number of para-hydroxylation sites is 1. The molecule has 0 fully saturated rings. The topological polar surface area (TPSA) is 75.4 Å². The number of nitrogens with zero attached hydrogens (tertiary/aromatic N) is 5. The summed E-state index contributed by atoms with van der Waals surface area (Å²) in [6.07, 6.45) is 0. The first-order valence-electron chi connectivity index (χ1n) is 8.65. The minimum absolute atomic E-state index is 0.123. The third-order valence-corrected chi connectivity index (χ3v) is 5.45. The van der Waals surface area contributed by atoms with E-state index in [9.17, 15) is 4.79 Å². The molecule has 2 aliphatic rings. The Morgan fingerprint density at radius 3 is 2.89 bits per heavy atom. The third-order valence-electron chi connectivity index (χ3n) is 4.55. The lowest BCUT2D eigenvalue weighted by atomic mass is 10.1. The van der Waals surface area contributed by atoms with E-state index in [0.29, 0.717) is 0 Å². The number of thioether (sulfide) groups is 1. The molecule has 0 unspecified atom stereocenters. The van der Waals surface area contributed by atoms with Gasteiger partial charge in [0.25, 0.3) is 0 Å². The van der Waals surface area contributed by atoms with E-state index in [0.717, 1.165) is 40.5 Å². The van der Waals surface area contributed by atoms with Crippen molar-refractivity contribution in [2.45, 2.75) is 6.54 Å². The lowest BCUT2D eigenvalue weighted by Crippen LogP contribution is -2.20. The first-order valence-corrected chi connectivity index (χ1v) is 9.53. The highest BCUT2D eigenvalue weighted by atomic mass is 32.2. The predicted octanol–water partition coefficient (Wildman–Crippen LogP) is 2.79. The van der Waals surface area contributed by atoms with E-state index in [4.69, 9.17) is 0 Å². The van der Waals surface area contributed by atoms with Gasteiger partial charge in [0.1, 0.15) is 12.1 Å². The minimum Gasteiger partial charge on any atom is -0.324 e. The second kappa shape index (κ2) is 6.55. The molecule has 0 aliphatic carbocycles. The molecule has 2 aromatic carbocycles. The van der Waals surface area contributed by atoms with Crippen molar-refractivity contribution in [1.29, 1.82) is 0 Å². The van der Waals surface area contributed by atoms with E-state index in [1.807, 2.05) is 48.5 Å². The molecule has 5 rings (SSSR count). The average Bonchev–Trinajstić information content (AvgIpc) is 3.39. The molecule has 0 saturated heterocycles. The summed E-state index contributed by atoms with van der Waals surface area (Å²) in [4.78, 5) is 19.1. The Hall–Kier alpha value is -3.13. The second-order valence-corrected chi connectivity index (χ2v) is 7.13. The van der Waals surface area contributed by atoms with Crippen LogP contribution in [0.25, 0.3) is 16.7 Å². The zero-order valence-corrected chi connectivity index (χ0v) is 15.2. The molecule has 1 aromatic heterocycles. The Morgan fingerprint density at radius 1 is 1.15 bits per heavy atom. The van der Waals surface area contributed by atoms with Crippen LogP contribution in [0, 0.1) is 0 Å². The van der Waals surface area contributed by atoms with Gasteiger partial charge in [0.05, 0.1) is 17.8 Å². The van der Waals surface area contributed by atoms with Crippen molar-refractivity contribution >= 4 is 45.3 Å². The Morgan fingerprint density at radius 2 is 2.00 bits per heavy atom. The van der Waals surface area contributed by atoms with Crippen molar-refractivity contribution in [3.8, 4) is 0 Å². The highest BCUT2D eigenvalue weighted by Gasteiger charge is 2.26. The highest BCUT2D eigenvalue weighted by molar-refractivity contribution is 8.16. The molecule has 2 aliphatic heterocycles. The van der Waals surface area contributed by atoms with Gasteiger partial charge in [0.15, 0.2) is 5.17 Å². The van der Waals surface area contributed by atoms with E-state index >= 15 is 0 Å². The van der Waals surface area contributed by atoms with E-state index in [1.54, 1.807) is 16.4 Å². The lowest BCUT2D eigenvalue weighted by Gasteiger charge is -2.16. The standard InChI is InChI=1S/C19H16N6OS/c26-18(11-25-16-4-2-1-3-15(16)22-23-25)21-14-7-5-13(6-8-14)17-12-27-19-20-9-10-24(17)19/h1-8,12H,9-11H2,(H,21,26). The number of hydrogen-bond acceptors (Lipinski definition) is 6. The molecular weight excluding hydrogens is 360 g/mol. The normalized spacial score (nSPS) is 15.6. The van der Waals surface area contributed by atoms with Crippen molar-refractivity contribution in [1.82, 2.24) is 19.9 Å². The molecule has 3 heterocycles. The Balaban J connectivity index is 1.27. The fourth-order valence-electron chi connectivity index (χ4n) is 3.24. The molecule has 0 radical (unpaired) electrons. The smallest absolute Gasteiger partial charge is 0.246 e. The SMILES string of the molecule is O=C(Cn1nnc2ccccc21)Nc1ccc(C2=CSC3=NCCN23)cc1. The van der Waals surface area contributed by atoms with Gasteiger partial charge in [-0.05, 0) is 29.8 Å². The van der Waals surface area contributed by atoms with Gasteiger partial charge >= 0.3 is 0 Å². The van der Waals surface area contributed by atoms with E-state index < -0.39 is 0 Å². The molecule has 134 valence electrons. The zero-order valence-electron chi connectivity index (χ0n) is 14.4. The molecule has 1 amide bonds. The molecule has 7 nitrogen and oxygen atoms in total. The van der Waals surface area contributed by atoms with Gasteiger partial charge in [-0.15, -0.1) is 5.10 Å². The van der Waals surface area contributed by atoms with Crippen LogP contribution < -0.4 is 5.32 Å². The number of aliphatic imine (C=N–C) groups is 1. The van der Waals surface area contributed by atoms with Gasteiger partial charge in [0, 0.05) is 17.6 Å². The quantitative estimate of drug-likeness (QED) is 0.758. The molecule has 0 atom stereocenters. The van der Waals surface area contributed by atoms with Gasteiger partial charge in [-0.1, -0.05) is 41.2 Å². The summed E-state index contributed by atoms with van der Waals surface area (Å²) in [6.45, 7) is 1.90. The molecule has 1 N–H and O–H groups in total. The summed E-state index contributed by atoms with van der Waals surface area (Å²) >= 11 is 1.66. The van der Waals surface area contributed by atoms with Crippen molar-refractivity contribution in [2.24, 2.45) is 4.99 Å². The van der Waals surface area contributed by atoms with Crippen LogP contribution in [-0.2, 0) is 11.3 Å². The molecular formula is C19H16N6OS. The van der Waals surface area contributed by atoms with Crippen molar-refractivity contribution < 1.29 is 4.79 Å². The van der Waals surface area contributed by atoms with Gasteiger partial charge in [-0.2, -0.15) is 0 Å². The number of anilines is 1. The van der Waals surface area contributed by atoms with Gasteiger partial charge in [-0.3, -0.25) is 9.79 Å². The number of amidine groups is 1. The fourth-order valence-corrected chi connectivity index (χ4v) is 4.21. The van der Waals surface area contributed by atoms with E-state index in [2.05, 4.69) is 30.9 Å². The number of rotatable bonds is 4. The molecule has 27 heavy (non-hydrogen) atoms. The van der Waals surface area contributed by atoms with Crippen LogP contribution in [0.2, 0.25) is 0 Å². The van der Waals surface area contributed by atoms with Crippen LogP contribution in [0.4, 0.5) is 5.69 Å². The number of aromatic nitrogens is 3. The van der Waals surface area contributed by atoms with Crippen LogP contribution in [0.15, 0.2) is 58.9 Å². The van der Waals surface area contributed by atoms with Gasteiger partial charge < -0.3 is 10.2 Å². The van der Waals surface area contributed by atoms with Crippen LogP contribution in [0.1, 0.15) is 5.56 Å². The summed E-state index contributed by atoms with van der Waals surface area (Å²) < 4.78 is 1.60. The number of carbonyl (C=O) groups is 1. The summed E-state index contributed by atoms with van der Waals surface area (Å²) in [5.41, 5.74) is 4.67. The second-order valence-electron chi connectivity index (χ2n) is 6.30. The largest absolute Gasteiger partial charge is 0.324 e. The molecule has 8 heteroatoms. The zero-order chi connectivity index (χ0) is 18.2. The third kappa shape index (κ3) is 2.97. The Bertz CT molecular complexity index is 1090. The fraction of sp³-hybridized carbons (Fsp3) is 0.158. The number of amides is 1. The Kier molecular flexibility index (Phi) is 3.90. The van der Waals surface area contributed by atoms with Crippen molar-refractivity contribution in [3.63, 3.8) is 0 Å². The predicted molar refractivity (Wildman–Crippen MR) is 107 cm³/mol. The van der Waals surface area contributed by atoms with Crippen LogP contribution >= 0.6 is 11.8 Å². The van der Waals surface area contributed by atoms with Crippen LogP contribution in [0.5, 0.6) is 0 Å². The first-order chi connectivity index (χ1) is 13.3. The number of benzene rings is 2. The maximum absolute atomic E-state index is 12.4. The van der Waals surface area contributed by atoms with Crippen molar-refractivity contribution in [3.05, 3.63) is 59.5 Å². The number of nitrogens with one attached hydrogen (secondary N) is 1. The van der Waals surface area contributed by atoms with Gasteiger partial charge in [-0.25, -0.2) is 4.68 Å². The summed E-state index contributed by atoms with van der Waals surface area (Å²) in [6, 6.07) is 15.5. The molecule has 0 bridgehead atoms. The van der Waals surface area contributed by atoms with Crippen LogP contribution in [0.3, 0.4) is 0 Å². The number of hydrogen-bond donors (Lipinski definition) is 1. The summed E-state index contributed by atoms with van der Waals surface area (Å²) in [7, 11) is 0. The number of carbonyl (C=O) groups excluding carboxylic acids is 1. The average molecular weight is 376 g/mol. The highest BCUT2D eigenvalue weighted by Crippen LogP contribution is 2.35. The van der Waals surface area contributed by atoms with Gasteiger partial charge in [0.2, 0.25) is 5.91 Å². The maximum Gasteiger partial charge on any atom is 0.246 e. The molecule has 3 aromatic rings. The minimum atomic E-state index is -0.136. The van der Waals surface area contributed by atoms with Crippen molar-refractivity contribution in [2.75, 3.05) is 18.4 Å². The molecule has 0 spiro atoms. The Labute approximate surface area is 159 Å². The summed E-state index contributed by atoms with van der Waals surface area (Å²) in [5, 5.41) is 14.2.